The lowest BCUT2D eigenvalue weighted by Gasteiger charge is -2.13. The second-order valence-corrected chi connectivity index (χ2v) is 4.08. The van der Waals surface area contributed by atoms with Crippen LogP contribution in [0.5, 0.6) is 0 Å². The van der Waals surface area contributed by atoms with Crippen molar-refractivity contribution >= 4 is 24.0 Å². The van der Waals surface area contributed by atoms with E-state index < -0.39 is 23.6 Å². The van der Waals surface area contributed by atoms with E-state index in [9.17, 15) is 14.7 Å². The molecule has 0 bridgehead atoms. The van der Waals surface area contributed by atoms with Gasteiger partial charge in [0.1, 0.15) is 6.23 Å². The van der Waals surface area contributed by atoms with Crippen LogP contribution >= 0.6 is 24.0 Å². The van der Waals surface area contributed by atoms with Crippen LogP contribution in [-0.2, 0) is 4.74 Å². The number of nitrogens with zero attached hydrogens (tertiary/aromatic N) is 1. The average molecular weight is 354 g/mol. The number of aliphatic hydroxyl groups is 1. The zero-order valence-electron chi connectivity index (χ0n) is 9.54. The minimum Gasteiger partial charge on any atom is -0.390 e. The number of hydrogen-bond acceptors (Lipinski definition) is 4. The first-order valence-electron chi connectivity index (χ1n) is 5.14. The van der Waals surface area contributed by atoms with Gasteiger partial charge in [-0.2, -0.15) is 0 Å². The van der Waals surface area contributed by atoms with Crippen molar-refractivity contribution in [2.24, 2.45) is 0 Å². The molecule has 3 atom stereocenters. The van der Waals surface area contributed by atoms with E-state index in [1.807, 2.05) is 0 Å². The van der Waals surface area contributed by atoms with Gasteiger partial charge in [-0.05, 0) is 13.8 Å². The Morgan fingerprint density at radius 3 is 2.71 bits per heavy atom. The maximum Gasteiger partial charge on any atom is 0.330 e. The molecule has 0 unspecified atom stereocenters. The van der Waals surface area contributed by atoms with Crippen molar-refractivity contribution in [3.63, 3.8) is 0 Å². The number of ether oxygens (including phenoxy) is 1. The van der Waals surface area contributed by atoms with E-state index in [-0.39, 0.29) is 30.1 Å². The number of aryl methyl sites for hydroxylation is 1. The Hall–Kier alpha value is -0.670. The Morgan fingerprint density at radius 1 is 1.53 bits per heavy atom. The third-order valence-corrected chi connectivity index (χ3v) is 2.81. The Labute approximate surface area is 115 Å². The van der Waals surface area contributed by atoms with Crippen molar-refractivity contribution in [2.45, 2.75) is 38.7 Å². The topological polar surface area (TPSA) is 84.3 Å². The Balaban J connectivity index is 0.00000144. The van der Waals surface area contributed by atoms with Crippen LogP contribution < -0.4 is 11.2 Å². The van der Waals surface area contributed by atoms with Gasteiger partial charge in [-0.25, -0.2) is 4.79 Å². The Morgan fingerprint density at radius 2 is 2.18 bits per heavy atom. The molecule has 0 aromatic carbocycles. The van der Waals surface area contributed by atoms with E-state index in [1.54, 1.807) is 13.8 Å². The first kappa shape index (κ1) is 14.4. The molecule has 0 radical (unpaired) electrons. The fourth-order valence-electron chi connectivity index (χ4n) is 1.77. The number of H-pyrrole nitrogens is 1. The summed E-state index contributed by atoms with van der Waals surface area (Å²) in [5.74, 6) is 0. The molecule has 2 heterocycles. The molecule has 0 saturated carbocycles. The van der Waals surface area contributed by atoms with Crippen molar-refractivity contribution in [1.82, 2.24) is 9.55 Å². The molecule has 2 rings (SSSR count). The van der Waals surface area contributed by atoms with E-state index >= 15 is 0 Å². The summed E-state index contributed by atoms with van der Waals surface area (Å²) in [6, 6.07) is 0. The second kappa shape index (κ2) is 5.32. The minimum atomic E-state index is -0.580. The summed E-state index contributed by atoms with van der Waals surface area (Å²) in [4.78, 5) is 24.9. The molecule has 1 aromatic rings. The monoisotopic (exact) mass is 354 g/mol. The zero-order valence-corrected chi connectivity index (χ0v) is 11.9. The molecule has 7 heteroatoms. The standard InChI is InChI=1S/C10H14N2O4.HI/c1-5-4-12(10(15)11-9(5)14)8-3-7(13)6(2)16-8;/h4,6-8,13H,3H2,1-2H3,(H,11,14,15);1H/t6-,7+,8-;/m1./s1. The molecule has 1 aliphatic heterocycles. The summed E-state index contributed by atoms with van der Waals surface area (Å²) in [6.07, 6.45) is 0.421. The van der Waals surface area contributed by atoms with Crippen LogP contribution in [0.4, 0.5) is 0 Å². The lowest BCUT2D eigenvalue weighted by molar-refractivity contribution is -0.0102. The van der Waals surface area contributed by atoms with Crippen molar-refractivity contribution < 1.29 is 9.84 Å². The van der Waals surface area contributed by atoms with Crippen molar-refractivity contribution in [3.8, 4) is 0 Å². The number of rotatable bonds is 1. The summed E-state index contributed by atoms with van der Waals surface area (Å²) in [5.41, 5.74) is -0.466. The van der Waals surface area contributed by atoms with E-state index in [4.69, 9.17) is 4.74 Å². The molecule has 1 aromatic heterocycles. The predicted octanol–water partition coefficient (Wildman–Crippen LogP) is 0.131. The molecule has 96 valence electrons. The number of nitrogens with one attached hydrogen (secondary N) is 1. The van der Waals surface area contributed by atoms with Crippen LogP contribution in [0.25, 0.3) is 0 Å². The second-order valence-electron chi connectivity index (χ2n) is 4.08. The van der Waals surface area contributed by atoms with Gasteiger partial charge in [-0.1, -0.05) is 0 Å². The fourth-order valence-corrected chi connectivity index (χ4v) is 1.77. The van der Waals surface area contributed by atoms with Crippen LogP contribution in [0, 0.1) is 6.92 Å². The largest absolute Gasteiger partial charge is 0.390 e. The summed E-state index contributed by atoms with van der Waals surface area (Å²) in [6.45, 7) is 3.36. The van der Waals surface area contributed by atoms with Crippen LogP contribution in [0.3, 0.4) is 0 Å². The van der Waals surface area contributed by atoms with Gasteiger partial charge in [-0.3, -0.25) is 14.3 Å². The first-order chi connectivity index (χ1) is 7.49. The number of aromatic nitrogens is 2. The van der Waals surface area contributed by atoms with Gasteiger partial charge in [0.15, 0.2) is 0 Å². The highest BCUT2D eigenvalue weighted by molar-refractivity contribution is 14.0. The summed E-state index contributed by atoms with van der Waals surface area (Å²) in [5, 5.41) is 9.53. The molecular weight excluding hydrogens is 339 g/mol. The maximum atomic E-state index is 11.5. The van der Waals surface area contributed by atoms with E-state index in [0.29, 0.717) is 12.0 Å². The lowest BCUT2D eigenvalue weighted by atomic mass is 10.2. The van der Waals surface area contributed by atoms with Crippen LogP contribution in [-0.4, -0.2) is 26.9 Å². The van der Waals surface area contributed by atoms with Gasteiger partial charge in [0.05, 0.1) is 12.2 Å². The maximum absolute atomic E-state index is 11.5. The smallest absolute Gasteiger partial charge is 0.330 e. The van der Waals surface area contributed by atoms with Gasteiger partial charge in [0, 0.05) is 18.2 Å². The molecule has 1 fully saturated rings. The molecule has 1 aliphatic rings. The molecule has 1 saturated heterocycles. The Kier molecular flexibility index (Phi) is 4.50. The quantitative estimate of drug-likeness (QED) is 0.703. The normalized spacial score (nSPS) is 27.8. The Bertz CT molecular complexity index is 500. The predicted molar refractivity (Wildman–Crippen MR) is 71.7 cm³/mol. The molecule has 6 nitrogen and oxygen atoms in total. The van der Waals surface area contributed by atoms with Gasteiger partial charge in [-0.15, -0.1) is 24.0 Å². The molecule has 0 aliphatic carbocycles. The van der Waals surface area contributed by atoms with Crippen molar-refractivity contribution in [3.05, 3.63) is 32.6 Å². The first-order valence-corrected chi connectivity index (χ1v) is 5.14. The summed E-state index contributed by atoms with van der Waals surface area (Å²) in [7, 11) is 0. The van der Waals surface area contributed by atoms with Crippen LogP contribution in [0.2, 0.25) is 0 Å². The van der Waals surface area contributed by atoms with E-state index in [2.05, 4.69) is 4.98 Å². The van der Waals surface area contributed by atoms with Gasteiger partial charge in [0.2, 0.25) is 0 Å². The van der Waals surface area contributed by atoms with Gasteiger partial charge in [0.25, 0.3) is 5.56 Å². The molecule has 2 N–H and O–H groups in total. The lowest BCUT2D eigenvalue weighted by Crippen LogP contribution is -2.33. The van der Waals surface area contributed by atoms with Gasteiger partial charge < -0.3 is 9.84 Å². The van der Waals surface area contributed by atoms with Crippen LogP contribution in [0.1, 0.15) is 25.1 Å². The average Bonchev–Trinajstić information content (AvgIpc) is 2.53. The number of hydrogen-bond donors (Lipinski definition) is 2. The highest BCUT2D eigenvalue weighted by Crippen LogP contribution is 2.26. The molecule has 0 spiro atoms. The molecular formula is C10H15IN2O4. The fraction of sp³-hybridized carbons (Fsp3) is 0.600. The highest BCUT2D eigenvalue weighted by Gasteiger charge is 2.32. The summed E-state index contributed by atoms with van der Waals surface area (Å²) < 4.78 is 6.74. The third kappa shape index (κ3) is 2.78. The number of halogens is 1. The third-order valence-electron chi connectivity index (χ3n) is 2.81. The van der Waals surface area contributed by atoms with Crippen molar-refractivity contribution in [1.29, 1.82) is 0 Å². The van der Waals surface area contributed by atoms with E-state index in [0.717, 1.165) is 0 Å². The summed E-state index contributed by atoms with van der Waals surface area (Å²) >= 11 is 0. The zero-order chi connectivity index (χ0) is 11.9. The number of aromatic amines is 1. The molecule has 0 amide bonds. The molecule has 17 heavy (non-hydrogen) atoms. The minimum absolute atomic E-state index is 0. The van der Waals surface area contributed by atoms with Crippen molar-refractivity contribution in [2.75, 3.05) is 0 Å². The number of aliphatic hydroxyl groups excluding tert-OH is 1. The van der Waals surface area contributed by atoms with E-state index in [1.165, 1.54) is 10.8 Å². The SMILES string of the molecule is Cc1cn([C@H]2C[C@H](O)[C@@H](C)O2)c(=O)[nH]c1=O.I. The van der Waals surface area contributed by atoms with Gasteiger partial charge >= 0.3 is 5.69 Å². The van der Waals surface area contributed by atoms with Crippen LogP contribution in [0.15, 0.2) is 15.8 Å². The highest BCUT2D eigenvalue weighted by atomic mass is 127.